The van der Waals surface area contributed by atoms with Crippen LogP contribution in [0.5, 0.6) is 5.75 Å². The highest BCUT2D eigenvalue weighted by Crippen LogP contribution is 2.33. The summed E-state index contributed by atoms with van der Waals surface area (Å²) in [6, 6.07) is 25.4. The van der Waals surface area contributed by atoms with Gasteiger partial charge in [-0.25, -0.2) is 4.79 Å². The molecule has 4 rings (SSSR count). The van der Waals surface area contributed by atoms with Crippen LogP contribution < -0.4 is 4.74 Å². The van der Waals surface area contributed by atoms with Crippen molar-refractivity contribution in [2.45, 2.75) is 20.5 Å². The quantitative estimate of drug-likeness (QED) is 0.310. The minimum atomic E-state index is -0.357. The second-order valence-corrected chi connectivity index (χ2v) is 7.89. The highest BCUT2D eigenvalue weighted by atomic mass is 16.5. The first-order valence-electron chi connectivity index (χ1n) is 11.5. The smallest absolute Gasteiger partial charge is 0.341 e. The molecular formula is C28H30N2O3. The fourth-order valence-electron chi connectivity index (χ4n) is 3.92. The molecule has 0 bridgehead atoms. The zero-order valence-corrected chi connectivity index (χ0v) is 19.2. The molecule has 0 amide bonds. The van der Waals surface area contributed by atoms with Gasteiger partial charge in [0.05, 0.1) is 11.3 Å². The standard InChI is InChI=1S/C28H30N2O3/c1-3-30(4-2)17-18-32-23-15-16-25-24(19-23)26(27(29-25)22-13-9-6-10-14-22)28(31)33-20-21-11-7-5-8-12-21/h5-16,19,29H,3-4,17-18,20H2,1-2H3. The van der Waals surface area contributed by atoms with Gasteiger partial charge in [0.15, 0.2) is 0 Å². The second-order valence-electron chi connectivity index (χ2n) is 7.89. The zero-order valence-electron chi connectivity index (χ0n) is 19.2. The third-order valence-electron chi connectivity index (χ3n) is 5.82. The molecule has 1 N–H and O–H groups in total. The number of esters is 1. The molecule has 0 spiro atoms. The minimum absolute atomic E-state index is 0.223. The molecule has 170 valence electrons. The van der Waals surface area contributed by atoms with Crippen molar-refractivity contribution in [2.75, 3.05) is 26.2 Å². The number of rotatable bonds is 10. The van der Waals surface area contributed by atoms with Crippen molar-refractivity contribution in [3.8, 4) is 17.0 Å². The van der Waals surface area contributed by atoms with Crippen LogP contribution in [0, 0.1) is 0 Å². The molecule has 0 unspecified atom stereocenters. The number of benzene rings is 3. The average Bonchev–Trinajstić information content (AvgIpc) is 3.25. The van der Waals surface area contributed by atoms with Gasteiger partial charge < -0.3 is 19.4 Å². The molecule has 4 aromatic rings. The van der Waals surface area contributed by atoms with Crippen LogP contribution in [-0.4, -0.2) is 42.1 Å². The lowest BCUT2D eigenvalue weighted by Gasteiger charge is -2.18. The lowest BCUT2D eigenvalue weighted by atomic mass is 10.1. The van der Waals surface area contributed by atoms with Gasteiger partial charge in [-0.3, -0.25) is 0 Å². The van der Waals surface area contributed by atoms with E-state index in [9.17, 15) is 4.79 Å². The van der Waals surface area contributed by atoms with Gasteiger partial charge in [0.25, 0.3) is 0 Å². The van der Waals surface area contributed by atoms with Crippen LogP contribution in [0.15, 0.2) is 78.9 Å². The summed E-state index contributed by atoms with van der Waals surface area (Å²) >= 11 is 0. The maximum absolute atomic E-state index is 13.3. The number of ether oxygens (including phenoxy) is 2. The maximum atomic E-state index is 13.3. The summed E-state index contributed by atoms with van der Waals surface area (Å²) < 4.78 is 11.7. The highest BCUT2D eigenvalue weighted by molar-refractivity contribution is 6.10. The van der Waals surface area contributed by atoms with Crippen LogP contribution in [0.2, 0.25) is 0 Å². The summed E-state index contributed by atoms with van der Waals surface area (Å²) in [5.41, 5.74) is 4.04. The molecule has 3 aromatic carbocycles. The van der Waals surface area contributed by atoms with Crippen molar-refractivity contribution in [2.24, 2.45) is 0 Å². The molecule has 0 saturated carbocycles. The molecule has 0 aliphatic rings. The van der Waals surface area contributed by atoms with E-state index in [1.165, 1.54) is 0 Å². The molecule has 0 atom stereocenters. The molecule has 33 heavy (non-hydrogen) atoms. The van der Waals surface area contributed by atoms with Gasteiger partial charge in [0.2, 0.25) is 0 Å². The molecule has 0 fully saturated rings. The van der Waals surface area contributed by atoms with Gasteiger partial charge in [-0.1, -0.05) is 74.5 Å². The van der Waals surface area contributed by atoms with E-state index in [-0.39, 0.29) is 12.6 Å². The Morgan fingerprint density at radius 1 is 0.909 bits per heavy atom. The van der Waals surface area contributed by atoms with Crippen LogP contribution in [0.25, 0.3) is 22.2 Å². The van der Waals surface area contributed by atoms with E-state index in [2.05, 4.69) is 23.7 Å². The summed E-state index contributed by atoms with van der Waals surface area (Å²) in [5.74, 6) is 0.384. The summed E-state index contributed by atoms with van der Waals surface area (Å²) in [6.07, 6.45) is 0. The molecule has 1 heterocycles. The Bertz CT molecular complexity index is 1180. The van der Waals surface area contributed by atoms with Gasteiger partial charge in [-0.05, 0) is 42.4 Å². The number of H-pyrrole nitrogens is 1. The van der Waals surface area contributed by atoms with Gasteiger partial charge in [-0.2, -0.15) is 0 Å². The second kappa shape index (κ2) is 10.8. The van der Waals surface area contributed by atoms with E-state index in [0.29, 0.717) is 12.2 Å². The van der Waals surface area contributed by atoms with Gasteiger partial charge in [-0.15, -0.1) is 0 Å². The van der Waals surface area contributed by atoms with E-state index < -0.39 is 0 Å². The SMILES string of the molecule is CCN(CC)CCOc1ccc2[nH]c(-c3ccccc3)c(C(=O)OCc3ccccc3)c2c1. The predicted molar refractivity (Wildman–Crippen MR) is 133 cm³/mol. The average molecular weight is 443 g/mol. The monoisotopic (exact) mass is 442 g/mol. The van der Waals surface area contributed by atoms with Crippen molar-refractivity contribution in [1.29, 1.82) is 0 Å². The Balaban J connectivity index is 1.64. The molecule has 0 radical (unpaired) electrons. The number of carbonyl (C=O) groups excluding carboxylic acids is 1. The number of nitrogens with zero attached hydrogens (tertiary/aromatic N) is 1. The van der Waals surface area contributed by atoms with E-state index >= 15 is 0 Å². The molecule has 0 aliphatic heterocycles. The number of aromatic amines is 1. The Morgan fingerprint density at radius 3 is 2.30 bits per heavy atom. The first kappa shape index (κ1) is 22.6. The van der Waals surface area contributed by atoms with Crippen molar-refractivity contribution in [3.63, 3.8) is 0 Å². The number of hydrogen-bond donors (Lipinski definition) is 1. The number of hydrogen-bond acceptors (Lipinski definition) is 4. The number of aromatic nitrogens is 1. The third kappa shape index (κ3) is 5.44. The molecule has 5 nitrogen and oxygen atoms in total. The molecule has 0 saturated heterocycles. The first-order chi connectivity index (χ1) is 16.2. The van der Waals surface area contributed by atoms with Crippen LogP contribution in [0.1, 0.15) is 29.8 Å². The van der Waals surface area contributed by atoms with Crippen molar-refractivity contribution >= 4 is 16.9 Å². The lowest BCUT2D eigenvalue weighted by molar-refractivity contribution is 0.0476. The van der Waals surface area contributed by atoms with Crippen LogP contribution >= 0.6 is 0 Å². The fraction of sp³-hybridized carbons (Fsp3) is 0.250. The summed E-state index contributed by atoms with van der Waals surface area (Å²) in [4.78, 5) is 19.0. The fourth-order valence-corrected chi connectivity index (χ4v) is 3.92. The third-order valence-corrected chi connectivity index (χ3v) is 5.82. The van der Waals surface area contributed by atoms with E-state index in [4.69, 9.17) is 9.47 Å². The van der Waals surface area contributed by atoms with Gasteiger partial charge in [0.1, 0.15) is 19.0 Å². The molecule has 5 heteroatoms. The van der Waals surface area contributed by atoms with Crippen LogP contribution in [0.4, 0.5) is 0 Å². The van der Waals surface area contributed by atoms with Crippen LogP contribution in [-0.2, 0) is 11.3 Å². The predicted octanol–water partition coefficient (Wildman–Crippen LogP) is 5.91. The van der Waals surface area contributed by atoms with Crippen molar-refractivity contribution in [1.82, 2.24) is 9.88 Å². The lowest BCUT2D eigenvalue weighted by Crippen LogP contribution is -2.27. The number of carbonyl (C=O) groups is 1. The van der Waals surface area contributed by atoms with Crippen molar-refractivity contribution < 1.29 is 14.3 Å². The number of nitrogens with one attached hydrogen (secondary N) is 1. The number of likely N-dealkylation sites (N-methyl/N-ethyl adjacent to an activating group) is 1. The molecular weight excluding hydrogens is 412 g/mol. The van der Waals surface area contributed by atoms with E-state index in [1.807, 2.05) is 78.9 Å². The highest BCUT2D eigenvalue weighted by Gasteiger charge is 2.22. The normalized spacial score (nSPS) is 11.1. The maximum Gasteiger partial charge on any atom is 0.341 e. The number of fused-ring (bicyclic) bond motifs is 1. The summed E-state index contributed by atoms with van der Waals surface area (Å²) in [7, 11) is 0. The van der Waals surface area contributed by atoms with E-state index in [1.54, 1.807) is 0 Å². The molecule has 0 aliphatic carbocycles. The summed E-state index contributed by atoms with van der Waals surface area (Å²) in [6.45, 7) is 7.96. The van der Waals surface area contributed by atoms with Crippen molar-refractivity contribution in [3.05, 3.63) is 90.0 Å². The Hall–Kier alpha value is -3.57. The summed E-state index contributed by atoms with van der Waals surface area (Å²) in [5, 5.41) is 0.798. The largest absolute Gasteiger partial charge is 0.492 e. The van der Waals surface area contributed by atoms with Gasteiger partial charge in [0, 0.05) is 17.4 Å². The Morgan fingerprint density at radius 2 is 1.61 bits per heavy atom. The Kier molecular flexibility index (Phi) is 7.43. The van der Waals surface area contributed by atoms with E-state index in [0.717, 1.165) is 53.1 Å². The zero-order chi connectivity index (χ0) is 23.0. The topological polar surface area (TPSA) is 54.6 Å². The minimum Gasteiger partial charge on any atom is -0.492 e. The first-order valence-corrected chi connectivity index (χ1v) is 11.5. The van der Waals surface area contributed by atoms with Gasteiger partial charge >= 0.3 is 5.97 Å². The van der Waals surface area contributed by atoms with Crippen LogP contribution in [0.3, 0.4) is 0 Å². The molecule has 1 aromatic heterocycles. The Labute approximate surface area is 195 Å².